The van der Waals surface area contributed by atoms with Crippen LogP contribution in [0.2, 0.25) is 0 Å². The maximum atomic E-state index is 5.70. The van der Waals surface area contributed by atoms with Gasteiger partial charge in [0.15, 0.2) is 0 Å². The number of nitrogens with two attached hydrogens (primary N) is 2. The molecule has 0 aromatic heterocycles. The summed E-state index contributed by atoms with van der Waals surface area (Å²) in [5, 5.41) is 3.35. The molecular formula is C11H26N4. The van der Waals surface area contributed by atoms with E-state index in [2.05, 4.69) is 10.7 Å². The van der Waals surface area contributed by atoms with Crippen molar-refractivity contribution in [3.8, 4) is 0 Å². The van der Waals surface area contributed by atoms with Crippen molar-refractivity contribution in [2.45, 2.75) is 39.5 Å². The summed E-state index contributed by atoms with van der Waals surface area (Å²) in [6.45, 7) is 6.31. The molecule has 0 aromatic carbocycles. The molecule has 0 atom stereocenters. The molecule has 6 N–H and O–H groups in total. The number of rotatable bonds is 4. The Morgan fingerprint density at radius 1 is 1.40 bits per heavy atom. The molecule has 0 amide bonds. The van der Waals surface area contributed by atoms with Gasteiger partial charge in [-0.3, -0.25) is 5.84 Å². The summed E-state index contributed by atoms with van der Waals surface area (Å²) in [5.41, 5.74) is 9.01. The van der Waals surface area contributed by atoms with Crippen LogP contribution in [0, 0.1) is 5.92 Å². The predicted molar refractivity (Wildman–Crippen MR) is 65.8 cm³/mol. The third-order valence-electron chi connectivity index (χ3n) is 2.57. The van der Waals surface area contributed by atoms with E-state index >= 15 is 0 Å². The van der Waals surface area contributed by atoms with Crippen LogP contribution in [0.15, 0.2) is 11.9 Å². The van der Waals surface area contributed by atoms with Crippen molar-refractivity contribution in [3.05, 3.63) is 11.9 Å². The van der Waals surface area contributed by atoms with Crippen LogP contribution in [0.5, 0.6) is 0 Å². The van der Waals surface area contributed by atoms with Crippen molar-refractivity contribution in [2.75, 3.05) is 13.1 Å². The Morgan fingerprint density at radius 3 is 2.53 bits per heavy atom. The molecule has 1 saturated heterocycles. The minimum atomic E-state index is 0.839. The average Bonchev–Trinajstić information content (AvgIpc) is 2.31. The highest BCUT2D eigenvalue weighted by Crippen LogP contribution is 2.18. The summed E-state index contributed by atoms with van der Waals surface area (Å²) in [5.74, 6) is 5.96. The van der Waals surface area contributed by atoms with E-state index in [1.165, 1.54) is 19.3 Å². The molecule has 0 saturated carbocycles. The maximum Gasteiger partial charge on any atom is 0.0310 e. The van der Waals surface area contributed by atoms with Gasteiger partial charge in [0.2, 0.25) is 0 Å². The molecule has 0 bridgehead atoms. The first kappa shape index (κ1) is 14.3. The van der Waals surface area contributed by atoms with Gasteiger partial charge in [0, 0.05) is 11.9 Å². The summed E-state index contributed by atoms with van der Waals surface area (Å²) < 4.78 is 0. The Balaban J connectivity index is 0.000000921. The molecule has 0 aromatic rings. The second-order valence-corrected chi connectivity index (χ2v) is 3.62. The van der Waals surface area contributed by atoms with E-state index in [9.17, 15) is 0 Å². The fourth-order valence-electron chi connectivity index (χ4n) is 1.72. The van der Waals surface area contributed by atoms with Gasteiger partial charge in [0.25, 0.3) is 0 Å². The molecular weight excluding hydrogens is 188 g/mol. The number of hydrazine groups is 1. The predicted octanol–water partition coefficient (Wildman–Crippen LogP) is 1.06. The van der Waals surface area contributed by atoms with Gasteiger partial charge in [-0.05, 0) is 44.7 Å². The lowest BCUT2D eigenvalue weighted by molar-refractivity contribution is 0.353. The zero-order valence-corrected chi connectivity index (χ0v) is 10.1. The van der Waals surface area contributed by atoms with Gasteiger partial charge >= 0.3 is 0 Å². The fourth-order valence-corrected chi connectivity index (χ4v) is 1.72. The van der Waals surface area contributed by atoms with Crippen molar-refractivity contribution < 1.29 is 0 Å². The van der Waals surface area contributed by atoms with Gasteiger partial charge in [-0.2, -0.15) is 0 Å². The van der Waals surface area contributed by atoms with E-state index in [4.69, 9.17) is 11.6 Å². The molecule has 4 heteroatoms. The average molecular weight is 214 g/mol. The van der Waals surface area contributed by atoms with Crippen LogP contribution in [0.3, 0.4) is 0 Å². The van der Waals surface area contributed by atoms with Crippen LogP contribution in [0.4, 0.5) is 0 Å². The zero-order valence-electron chi connectivity index (χ0n) is 10.1. The Hall–Kier alpha value is -0.740. The van der Waals surface area contributed by atoms with E-state index in [-0.39, 0.29) is 0 Å². The maximum absolute atomic E-state index is 5.70. The first-order chi connectivity index (χ1) is 7.33. The van der Waals surface area contributed by atoms with E-state index in [1.807, 2.05) is 13.8 Å². The normalized spacial score (nSPS) is 17.9. The van der Waals surface area contributed by atoms with Gasteiger partial charge < -0.3 is 16.5 Å². The molecule has 1 aliphatic heterocycles. The third-order valence-corrected chi connectivity index (χ3v) is 2.57. The quantitative estimate of drug-likeness (QED) is 0.417. The van der Waals surface area contributed by atoms with E-state index in [0.29, 0.717) is 0 Å². The fraction of sp³-hybridized carbons (Fsp3) is 0.818. The van der Waals surface area contributed by atoms with Crippen LogP contribution in [-0.4, -0.2) is 13.1 Å². The summed E-state index contributed by atoms with van der Waals surface area (Å²) in [6, 6.07) is 0. The molecule has 0 spiro atoms. The molecule has 1 aliphatic rings. The number of nitrogens with one attached hydrogen (secondary N) is 2. The highest BCUT2D eigenvalue weighted by atomic mass is 15.2. The van der Waals surface area contributed by atoms with Crippen molar-refractivity contribution >= 4 is 0 Å². The summed E-state index contributed by atoms with van der Waals surface area (Å²) in [4.78, 5) is 0. The van der Waals surface area contributed by atoms with Crippen molar-refractivity contribution in [1.82, 2.24) is 10.7 Å². The largest absolute Gasteiger partial charge is 0.401 e. The molecule has 0 aliphatic carbocycles. The lowest BCUT2D eigenvalue weighted by Crippen LogP contribution is -2.28. The van der Waals surface area contributed by atoms with Gasteiger partial charge in [0.1, 0.15) is 0 Å². The minimum absolute atomic E-state index is 0.839. The smallest absolute Gasteiger partial charge is 0.0310 e. The highest BCUT2D eigenvalue weighted by molar-refractivity contribution is 4.94. The van der Waals surface area contributed by atoms with Crippen molar-refractivity contribution in [2.24, 2.45) is 17.5 Å². The molecule has 1 rings (SSSR count). The summed E-state index contributed by atoms with van der Waals surface area (Å²) in [6.07, 6.45) is 6.37. The third kappa shape index (κ3) is 7.22. The van der Waals surface area contributed by atoms with Crippen molar-refractivity contribution in [3.63, 3.8) is 0 Å². The number of piperidine rings is 1. The monoisotopic (exact) mass is 214 g/mol. The van der Waals surface area contributed by atoms with Crippen LogP contribution in [-0.2, 0) is 0 Å². The molecule has 90 valence electrons. The number of hydrogen-bond acceptors (Lipinski definition) is 4. The van der Waals surface area contributed by atoms with E-state index in [1.54, 1.807) is 6.20 Å². The molecule has 1 heterocycles. The lowest BCUT2D eigenvalue weighted by atomic mass is 9.93. The second-order valence-electron chi connectivity index (χ2n) is 3.62. The summed E-state index contributed by atoms with van der Waals surface area (Å²) >= 11 is 0. The molecule has 4 nitrogen and oxygen atoms in total. The topological polar surface area (TPSA) is 76.1 Å². The SMILES string of the molecule is CC.NN/C=C(\N)CCC1CCNCC1. The van der Waals surface area contributed by atoms with E-state index < -0.39 is 0 Å². The van der Waals surface area contributed by atoms with Crippen LogP contribution >= 0.6 is 0 Å². The first-order valence-electron chi connectivity index (χ1n) is 5.94. The lowest BCUT2D eigenvalue weighted by Gasteiger charge is -2.22. The molecule has 15 heavy (non-hydrogen) atoms. The van der Waals surface area contributed by atoms with Gasteiger partial charge in [-0.25, -0.2) is 0 Å². The standard InChI is InChI=1S/C9H20N4.C2H6/c10-9(7-13-11)2-1-8-3-5-12-6-4-8;1-2/h7-8,12-13H,1-6,10-11H2;1-2H3/b9-7-;. The summed E-state index contributed by atoms with van der Waals surface area (Å²) in [7, 11) is 0. The molecule has 0 radical (unpaired) electrons. The van der Waals surface area contributed by atoms with Crippen LogP contribution in [0.1, 0.15) is 39.5 Å². The Morgan fingerprint density at radius 2 is 2.00 bits per heavy atom. The zero-order chi connectivity index (χ0) is 11.5. The second kappa shape index (κ2) is 9.80. The Labute approximate surface area is 93.4 Å². The minimum Gasteiger partial charge on any atom is -0.401 e. The first-order valence-corrected chi connectivity index (χ1v) is 5.94. The van der Waals surface area contributed by atoms with Gasteiger partial charge in [-0.15, -0.1) is 0 Å². The van der Waals surface area contributed by atoms with Crippen molar-refractivity contribution in [1.29, 1.82) is 0 Å². The molecule has 1 fully saturated rings. The number of allylic oxidation sites excluding steroid dienone is 1. The molecule has 0 unspecified atom stereocenters. The number of hydrogen-bond donors (Lipinski definition) is 4. The highest BCUT2D eigenvalue weighted by Gasteiger charge is 2.12. The Kier molecular flexibility index (Phi) is 9.32. The van der Waals surface area contributed by atoms with E-state index in [0.717, 1.165) is 31.1 Å². The van der Waals surface area contributed by atoms with Crippen LogP contribution in [0.25, 0.3) is 0 Å². The van der Waals surface area contributed by atoms with Crippen LogP contribution < -0.4 is 22.3 Å². The van der Waals surface area contributed by atoms with Gasteiger partial charge in [-0.1, -0.05) is 13.8 Å². The Bertz CT molecular complexity index is 162. The van der Waals surface area contributed by atoms with Gasteiger partial charge in [0.05, 0.1) is 0 Å².